The second-order valence-electron chi connectivity index (χ2n) is 8.48. The van der Waals surface area contributed by atoms with E-state index in [0.717, 1.165) is 32.4 Å². The molecule has 0 spiro atoms. The minimum atomic E-state index is -4.74. The molecule has 0 bridgehead atoms. The molecule has 1 aromatic heterocycles. The van der Waals surface area contributed by atoms with E-state index in [1.807, 2.05) is 9.21 Å². The second kappa shape index (κ2) is 11.4. The fourth-order valence-corrected chi connectivity index (χ4v) is 5.53. The van der Waals surface area contributed by atoms with Crippen LogP contribution in [-0.4, -0.2) is 88.7 Å². The van der Waals surface area contributed by atoms with Crippen LogP contribution in [-0.2, 0) is 21.3 Å². The van der Waals surface area contributed by atoms with Gasteiger partial charge in [0.15, 0.2) is 20.9 Å². The van der Waals surface area contributed by atoms with Crippen LogP contribution in [0.25, 0.3) is 0 Å². The topological polar surface area (TPSA) is 69.1 Å². The highest BCUT2D eigenvalue weighted by molar-refractivity contribution is 7.84. The van der Waals surface area contributed by atoms with E-state index in [9.17, 15) is 22.5 Å². The van der Waals surface area contributed by atoms with E-state index >= 15 is 0 Å². The monoisotopic (exact) mass is 520 g/mol. The van der Waals surface area contributed by atoms with Gasteiger partial charge >= 0.3 is 6.18 Å². The predicted molar refractivity (Wildman–Crippen MR) is 127 cm³/mol. The molecule has 7 nitrogen and oxygen atoms in total. The van der Waals surface area contributed by atoms with Crippen LogP contribution in [0.1, 0.15) is 19.4 Å². The summed E-state index contributed by atoms with van der Waals surface area (Å²) in [5.74, 6) is 0. The van der Waals surface area contributed by atoms with E-state index in [2.05, 4.69) is 23.9 Å². The lowest BCUT2D eigenvalue weighted by atomic mass is 9.95. The first-order chi connectivity index (χ1) is 16.0. The Morgan fingerprint density at radius 3 is 2.26 bits per heavy atom. The molecule has 1 N–H and O–H groups in total. The largest absolute Gasteiger partial charge is 0.421 e. The molecule has 190 valence electrons. The number of anilines is 1. The molecule has 2 saturated heterocycles. The Kier molecular flexibility index (Phi) is 9.10. The highest BCUT2D eigenvalue weighted by atomic mass is 32.2. The average molecular weight is 521 g/mol. The van der Waals surface area contributed by atoms with Crippen molar-refractivity contribution in [1.82, 2.24) is 14.2 Å². The predicted octanol–water partition coefficient (Wildman–Crippen LogP) is 3.09. The van der Waals surface area contributed by atoms with Gasteiger partial charge in [-0.2, -0.15) is 13.2 Å². The van der Waals surface area contributed by atoms with Crippen molar-refractivity contribution in [2.75, 3.05) is 57.9 Å². The molecular formula is C22H31F3N4O3S2. The third-order valence-corrected chi connectivity index (χ3v) is 8.60. The molecule has 2 aromatic rings. The van der Waals surface area contributed by atoms with E-state index in [1.54, 1.807) is 23.7 Å². The molecule has 4 rings (SSSR count). The first kappa shape index (κ1) is 27.0. The van der Waals surface area contributed by atoms with Crippen LogP contribution in [0, 0.1) is 0 Å². The van der Waals surface area contributed by atoms with E-state index in [4.69, 9.17) is 4.74 Å². The van der Waals surface area contributed by atoms with Crippen molar-refractivity contribution in [2.45, 2.75) is 36.0 Å². The Morgan fingerprint density at radius 2 is 1.79 bits per heavy atom. The lowest BCUT2D eigenvalue weighted by Gasteiger charge is -2.35. The maximum atomic E-state index is 12.9. The van der Waals surface area contributed by atoms with Gasteiger partial charge in [-0.1, -0.05) is 12.1 Å². The average Bonchev–Trinajstić information content (AvgIpc) is 3.35. The fraction of sp³-hybridized carbons (Fsp3) is 0.591. The fourth-order valence-electron chi connectivity index (χ4n) is 3.49. The zero-order chi connectivity index (χ0) is 24.9. The Hall–Kier alpha value is -1.57. The van der Waals surface area contributed by atoms with Crippen molar-refractivity contribution in [3.8, 4) is 0 Å². The smallest absolute Gasteiger partial charge is 0.379 e. The molecule has 0 aliphatic carbocycles. The van der Waals surface area contributed by atoms with Crippen molar-refractivity contribution in [1.29, 1.82) is 0 Å². The van der Waals surface area contributed by atoms with Crippen LogP contribution in [0.5, 0.6) is 0 Å². The number of rotatable bonds is 4. The number of benzene rings is 1. The molecule has 2 aliphatic heterocycles. The van der Waals surface area contributed by atoms with Gasteiger partial charge in [0, 0.05) is 56.0 Å². The summed E-state index contributed by atoms with van der Waals surface area (Å²) in [6.07, 6.45) is -3.12. The van der Waals surface area contributed by atoms with Crippen molar-refractivity contribution in [3.63, 3.8) is 0 Å². The van der Waals surface area contributed by atoms with E-state index in [0.29, 0.717) is 36.6 Å². The van der Waals surface area contributed by atoms with Crippen LogP contribution >= 0.6 is 11.3 Å². The Bertz CT molecular complexity index is 908. The molecule has 34 heavy (non-hydrogen) atoms. The quantitative estimate of drug-likeness (QED) is 0.669. The number of piperazine rings is 1. The third kappa shape index (κ3) is 6.55. The highest BCUT2D eigenvalue weighted by Crippen LogP contribution is 2.38. The van der Waals surface area contributed by atoms with Crippen molar-refractivity contribution in [3.05, 3.63) is 41.4 Å². The number of ether oxygens (including phenoxy) is 1. The number of likely N-dealkylation sites (N-methyl/N-ethyl adjacent to an activating group) is 1. The van der Waals surface area contributed by atoms with Crippen LogP contribution in [0.2, 0.25) is 0 Å². The number of aliphatic hydroxyl groups is 1. The van der Waals surface area contributed by atoms with Gasteiger partial charge in [-0.25, -0.2) is 13.5 Å². The van der Waals surface area contributed by atoms with Gasteiger partial charge in [0.05, 0.1) is 13.2 Å². The molecule has 3 unspecified atom stereocenters. The maximum Gasteiger partial charge on any atom is 0.421 e. The van der Waals surface area contributed by atoms with Gasteiger partial charge < -0.3 is 14.7 Å². The Morgan fingerprint density at radius 1 is 1.15 bits per heavy atom. The molecule has 0 amide bonds. The van der Waals surface area contributed by atoms with Gasteiger partial charge in [-0.3, -0.25) is 4.90 Å². The van der Waals surface area contributed by atoms with Crippen molar-refractivity contribution < 1.29 is 27.2 Å². The molecule has 2 fully saturated rings. The number of alkyl halides is 3. The number of hydrogen-bond donors (Lipinski definition) is 1. The first-order valence-electron chi connectivity index (χ1n) is 11.0. The standard InChI is InChI=1S/C16H18F3N3O2S2.C6H13NO/c1-15(23,16(17,18)19)12-2-4-13(5-3-12)21-7-9-22(10-8-21)26(24)14-20-6-11-25-14;1-6-5-8-4-3-7(6)2/h2-6,11,23H,7-10H2,1H3;6H,3-5H2,1-2H3. The summed E-state index contributed by atoms with van der Waals surface area (Å²) >= 11 is 1.35. The first-order valence-corrected chi connectivity index (χ1v) is 13.0. The summed E-state index contributed by atoms with van der Waals surface area (Å²) in [6.45, 7) is 8.15. The van der Waals surface area contributed by atoms with E-state index in [1.165, 1.54) is 23.5 Å². The number of aromatic nitrogens is 1. The minimum Gasteiger partial charge on any atom is -0.379 e. The van der Waals surface area contributed by atoms with Crippen molar-refractivity contribution >= 4 is 28.0 Å². The lowest BCUT2D eigenvalue weighted by molar-refractivity contribution is -0.258. The van der Waals surface area contributed by atoms with Gasteiger partial charge in [0.2, 0.25) is 0 Å². The van der Waals surface area contributed by atoms with E-state index in [-0.39, 0.29) is 5.56 Å². The number of morpholine rings is 1. The van der Waals surface area contributed by atoms with E-state index < -0.39 is 22.8 Å². The lowest BCUT2D eigenvalue weighted by Crippen LogP contribution is -2.47. The molecule has 12 heteroatoms. The summed E-state index contributed by atoms with van der Waals surface area (Å²) in [4.78, 5) is 8.39. The Balaban J connectivity index is 0.000000343. The summed E-state index contributed by atoms with van der Waals surface area (Å²) in [5, 5.41) is 11.5. The van der Waals surface area contributed by atoms with Crippen LogP contribution in [0.4, 0.5) is 18.9 Å². The molecule has 1 aromatic carbocycles. The highest BCUT2D eigenvalue weighted by Gasteiger charge is 2.51. The van der Waals surface area contributed by atoms with Gasteiger partial charge in [-0.15, -0.1) is 11.3 Å². The van der Waals surface area contributed by atoms with Crippen LogP contribution in [0.3, 0.4) is 0 Å². The summed E-state index contributed by atoms with van der Waals surface area (Å²) in [5.41, 5.74) is -2.31. The Labute approximate surface area is 204 Å². The number of thiazole rings is 1. The molecule has 3 heterocycles. The molecule has 0 saturated carbocycles. The van der Waals surface area contributed by atoms with Crippen LogP contribution < -0.4 is 4.90 Å². The normalized spacial score (nSPS) is 23.0. The third-order valence-electron chi connectivity index (χ3n) is 6.08. The summed E-state index contributed by atoms with van der Waals surface area (Å²) in [7, 11) is 0.853. The second-order valence-corrected chi connectivity index (χ2v) is 11.0. The zero-order valence-electron chi connectivity index (χ0n) is 19.5. The molecule has 3 atom stereocenters. The van der Waals surface area contributed by atoms with Gasteiger partial charge in [0.1, 0.15) is 0 Å². The summed E-state index contributed by atoms with van der Waals surface area (Å²) in [6, 6.07) is 6.35. The minimum absolute atomic E-state index is 0.197. The number of halogens is 3. The van der Waals surface area contributed by atoms with Gasteiger partial charge in [0.25, 0.3) is 0 Å². The van der Waals surface area contributed by atoms with Crippen LogP contribution in [0.15, 0.2) is 40.2 Å². The van der Waals surface area contributed by atoms with Gasteiger partial charge in [-0.05, 0) is 38.6 Å². The van der Waals surface area contributed by atoms with Crippen molar-refractivity contribution in [2.24, 2.45) is 0 Å². The molecule has 0 radical (unpaired) electrons. The maximum absolute atomic E-state index is 12.9. The summed E-state index contributed by atoms with van der Waals surface area (Å²) < 4.78 is 58.7. The number of nitrogens with zero attached hydrogens (tertiary/aromatic N) is 4. The molecular weight excluding hydrogens is 489 g/mol. The SMILES string of the molecule is CC(O)(c1ccc(N2CCN(S(=O)c3nccs3)CC2)cc1)C(F)(F)F.CC1COCCN1C. The molecule has 2 aliphatic rings. The zero-order valence-corrected chi connectivity index (χ0v) is 21.1. The number of hydrogen-bond acceptors (Lipinski definition) is 7.